The van der Waals surface area contributed by atoms with Crippen molar-refractivity contribution in [1.82, 2.24) is 14.8 Å². The maximum absolute atomic E-state index is 11.5. The smallest absolute Gasteiger partial charge is 0.318 e. The van der Waals surface area contributed by atoms with E-state index in [2.05, 4.69) is 10.2 Å². The highest BCUT2D eigenvalue weighted by molar-refractivity contribution is 8.00. The van der Waals surface area contributed by atoms with Crippen LogP contribution in [0.15, 0.2) is 35.5 Å². The molecule has 0 aliphatic carbocycles. The Balaban J connectivity index is 2.05. The molecule has 0 aliphatic heterocycles. The summed E-state index contributed by atoms with van der Waals surface area (Å²) in [6.07, 6.45) is 0. The van der Waals surface area contributed by atoms with Crippen molar-refractivity contribution in [1.29, 1.82) is 0 Å². The molecule has 0 fully saturated rings. The van der Waals surface area contributed by atoms with Crippen LogP contribution in [0.2, 0.25) is 0 Å². The topological polar surface area (TPSA) is 66.2 Å². The summed E-state index contributed by atoms with van der Waals surface area (Å²) in [6, 6.07) is 9.55. The summed E-state index contributed by atoms with van der Waals surface area (Å²) >= 11 is 1.33. The second-order valence-electron chi connectivity index (χ2n) is 4.53. The molecule has 22 heavy (non-hydrogen) atoms. The minimum absolute atomic E-state index is 0.280. The molecule has 0 saturated heterocycles. The van der Waals surface area contributed by atoms with Gasteiger partial charge in [-0.05, 0) is 26.0 Å². The van der Waals surface area contributed by atoms with Crippen LogP contribution in [0.4, 0.5) is 0 Å². The molecule has 0 bridgehead atoms. The van der Waals surface area contributed by atoms with E-state index in [1.807, 2.05) is 41.8 Å². The molecule has 1 aromatic heterocycles. The fourth-order valence-corrected chi connectivity index (χ4v) is 2.83. The first-order valence-corrected chi connectivity index (χ1v) is 7.88. The van der Waals surface area contributed by atoms with Gasteiger partial charge in [-0.3, -0.25) is 4.79 Å². The van der Waals surface area contributed by atoms with Gasteiger partial charge in [-0.2, -0.15) is 0 Å². The van der Waals surface area contributed by atoms with E-state index in [1.165, 1.54) is 18.9 Å². The van der Waals surface area contributed by atoms with E-state index in [0.29, 0.717) is 18.3 Å². The van der Waals surface area contributed by atoms with Crippen LogP contribution in [0.25, 0.3) is 0 Å². The van der Waals surface area contributed by atoms with Crippen molar-refractivity contribution in [3.8, 4) is 5.75 Å². The van der Waals surface area contributed by atoms with E-state index in [9.17, 15) is 4.79 Å². The number of ether oxygens (including phenoxy) is 2. The number of methoxy groups -OCH3 is 1. The Morgan fingerprint density at radius 3 is 2.68 bits per heavy atom. The zero-order chi connectivity index (χ0) is 15.9. The summed E-state index contributed by atoms with van der Waals surface area (Å²) in [6.45, 7) is 4.82. The van der Waals surface area contributed by atoms with Gasteiger partial charge in [0.25, 0.3) is 0 Å². The van der Waals surface area contributed by atoms with Crippen LogP contribution in [-0.2, 0) is 22.7 Å². The van der Waals surface area contributed by atoms with Crippen LogP contribution in [0.1, 0.15) is 19.7 Å². The predicted octanol–water partition coefficient (Wildman–Crippen LogP) is 2.53. The van der Waals surface area contributed by atoms with Gasteiger partial charge in [0, 0.05) is 6.54 Å². The molecule has 2 rings (SSSR count). The monoisotopic (exact) mass is 321 g/mol. The van der Waals surface area contributed by atoms with E-state index in [-0.39, 0.29) is 11.2 Å². The van der Waals surface area contributed by atoms with Crippen molar-refractivity contribution in [2.45, 2.75) is 37.4 Å². The summed E-state index contributed by atoms with van der Waals surface area (Å²) in [4.78, 5) is 11.5. The third-order valence-corrected chi connectivity index (χ3v) is 4.09. The normalized spacial score (nSPS) is 12.0. The number of carbonyl (C=O) groups excluding carboxylic acids is 1. The number of esters is 1. The molecule has 1 aromatic carbocycles. The number of thioether (sulfide) groups is 1. The van der Waals surface area contributed by atoms with Gasteiger partial charge in [0.05, 0.1) is 7.11 Å². The maximum atomic E-state index is 11.5. The van der Waals surface area contributed by atoms with Gasteiger partial charge in [0.2, 0.25) is 0 Å². The summed E-state index contributed by atoms with van der Waals surface area (Å²) < 4.78 is 12.4. The van der Waals surface area contributed by atoms with Crippen LogP contribution in [0.5, 0.6) is 5.75 Å². The molecule has 0 radical (unpaired) electrons. The summed E-state index contributed by atoms with van der Waals surface area (Å²) in [5, 5.41) is 8.66. The number of rotatable bonds is 7. The summed E-state index contributed by atoms with van der Waals surface area (Å²) in [5.41, 5.74) is 0. The molecule has 6 nitrogen and oxygen atoms in total. The van der Waals surface area contributed by atoms with E-state index in [4.69, 9.17) is 9.47 Å². The van der Waals surface area contributed by atoms with Gasteiger partial charge >= 0.3 is 5.97 Å². The first kappa shape index (κ1) is 16.4. The molecule has 0 N–H and O–H groups in total. The first-order valence-electron chi connectivity index (χ1n) is 7.00. The van der Waals surface area contributed by atoms with E-state index in [0.717, 1.165) is 11.6 Å². The van der Waals surface area contributed by atoms with Crippen LogP contribution < -0.4 is 4.74 Å². The lowest BCUT2D eigenvalue weighted by atomic mass is 10.3. The van der Waals surface area contributed by atoms with Crippen LogP contribution in [0, 0.1) is 0 Å². The predicted molar refractivity (Wildman–Crippen MR) is 83.8 cm³/mol. The number of nitrogens with zero attached hydrogens (tertiary/aromatic N) is 3. The molecule has 2 aromatic rings. The minimum atomic E-state index is -0.331. The van der Waals surface area contributed by atoms with Crippen molar-refractivity contribution >= 4 is 17.7 Å². The zero-order valence-electron chi connectivity index (χ0n) is 12.9. The lowest BCUT2D eigenvalue weighted by Crippen LogP contribution is -2.16. The van der Waals surface area contributed by atoms with Gasteiger partial charge in [-0.1, -0.05) is 30.0 Å². The third kappa shape index (κ3) is 4.00. The Bertz CT molecular complexity index is 616. The molecule has 0 saturated carbocycles. The van der Waals surface area contributed by atoms with Crippen molar-refractivity contribution in [2.24, 2.45) is 0 Å². The number of hydrogen-bond donors (Lipinski definition) is 0. The summed E-state index contributed by atoms with van der Waals surface area (Å²) in [5.74, 6) is 1.23. The zero-order valence-corrected chi connectivity index (χ0v) is 13.7. The largest absolute Gasteiger partial charge is 0.486 e. The van der Waals surface area contributed by atoms with E-state index < -0.39 is 0 Å². The summed E-state index contributed by atoms with van der Waals surface area (Å²) in [7, 11) is 1.38. The number of para-hydroxylation sites is 1. The molecule has 0 spiro atoms. The highest BCUT2D eigenvalue weighted by Gasteiger charge is 2.20. The third-order valence-electron chi connectivity index (χ3n) is 3.04. The Morgan fingerprint density at radius 1 is 1.32 bits per heavy atom. The van der Waals surface area contributed by atoms with E-state index >= 15 is 0 Å². The Hall–Kier alpha value is -2.02. The highest BCUT2D eigenvalue weighted by Crippen LogP contribution is 2.23. The Kier molecular flexibility index (Phi) is 5.83. The number of aromatic nitrogens is 3. The average Bonchev–Trinajstić information content (AvgIpc) is 2.94. The van der Waals surface area contributed by atoms with Gasteiger partial charge in [0.15, 0.2) is 11.0 Å². The highest BCUT2D eigenvalue weighted by atomic mass is 32.2. The fourth-order valence-electron chi connectivity index (χ4n) is 1.87. The van der Waals surface area contributed by atoms with Gasteiger partial charge in [-0.25, -0.2) is 0 Å². The van der Waals surface area contributed by atoms with Gasteiger partial charge < -0.3 is 14.0 Å². The number of carbonyl (C=O) groups is 1. The van der Waals surface area contributed by atoms with Crippen molar-refractivity contribution < 1.29 is 14.3 Å². The molecular weight excluding hydrogens is 302 g/mol. The Labute approximate surface area is 133 Å². The van der Waals surface area contributed by atoms with Crippen molar-refractivity contribution in [2.75, 3.05) is 7.11 Å². The minimum Gasteiger partial charge on any atom is -0.486 e. The quantitative estimate of drug-likeness (QED) is 0.577. The van der Waals surface area contributed by atoms with Crippen molar-refractivity contribution in [3.05, 3.63) is 36.2 Å². The van der Waals surface area contributed by atoms with Gasteiger partial charge in [-0.15, -0.1) is 10.2 Å². The van der Waals surface area contributed by atoms with Crippen LogP contribution in [-0.4, -0.2) is 33.1 Å². The average molecular weight is 321 g/mol. The molecule has 118 valence electrons. The SMILES string of the molecule is CCn1c(COc2ccccc2)nnc1SC(C)C(=O)OC. The molecule has 1 heterocycles. The van der Waals surface area contributed by atoms with E-state index in [1.54, 1.807) is 6.92 Å². The molecule has 1 unspecified atom stereocenters. The Morgan fingerprint density at radius 2 is 2.05 bits per heavy atom. The molecule has 7 heteroatoms. The molecule has 0 amide bonds. The number of benzene rings is 1. The molecule has 0 aliphatic rings. The van der Waals surface area contributed by atoms with Crippen molar-refractivity contribution in [3.63, 3.8) is 0 Å². The second-order valence-corrected chi connectivity index (χ2v) is 5.84. The fraction of sp³-hybridized carbons (Fsp3) is 0.400. The second kappa shape index (κ2) is 7.84. The van der Waals surface area contributed by atoms with Crippen LogP contribution >= 0.6 is 11.8 Å². The number of hydrogen-bond acceptors (Lipinski definition) is 6. The molecule has 1 atom stereocenters. The lowest BCUT2D eigenvalue weighted by molar-refractivity contribution is -0.139. The van der Waals surface area contributed by atoms with Crippen LogP contribution in [0.3, 0.4) is 0 Å². The molecular formula is C15H19N3O3S. The maximum Gasteiger partial charge on any atom is 0.318 e. The lowest BCUT2D eigenvalue weighted by Gasteiger charge is -2.11. The standard InChI is InChI=1S/C15H19N3O3S/c1-4-18-13(10-21-12-8-6-5-7-9-12)16-17-15(18)22-11(2)14(19)20-3/h5-9,11H,4,10H2,1-3H3. The van der Waals surface area contributed by atoms with Gasteiger partial charge in [0.1, 0.15) is 17.6 Å². The first-order chi connectivity index (χ1) is 10.7.